The summed E-state index contributed by atoms with van der Waals surface area (Å²) in [7, 11) is 3.89. The monoisotopic (exact) mass is 522 g/mol. The van der Waals surface area contributed by atoms with Gasteiger partial charge in [0.15, 0.2) is 0 Å². The molecular weight excluding hydrogens is 480 g/mol. The minimum absolute atomic E-state index is 0.00826. The van der Waals surface area contributed by atoms with Crippen LogP contribution in [0.15, 0.2) is 17.0 Å². The molecule has 2 amide bonds. The number of benzene rings is 1. The second-order valence-electron chi connectivity index (χ2n) is 9.84. The molecule has 1 unspecified atom stereocenters. The predicted molar refractivity (Wildman–Crippen MR) is 140 cm³/mol. The number of hydrogen-bond acceptors (Lipinski definition) is 6. The summed E-state index contributed by atoms with van der Waals surface area (Å²) in [4.78, 5) is 31.9. The zero-order chi connectivity index (χ0) is 26.2. The van der Waals surface area contributed by atoms with Crippen molar-refractivity contribution in [3.8, 4) is 5.75 Å². The maximum absolute atomic E-state index is 13.0. The van der Waals surface area contributed by atoms with Crippen molar-refractivity contribution in [3.05, 3.63) is 23.3 Å². The molecule has 0 saturated carbocycles. The number of likely N-dealkylation sites (N-methyl/N-ethyl adjacent to an activating group) is 2. The van der Waals surface area contributed by atoms with Crippen molar-refractivity contribution >= 4 is 22.8 Å². The number of methoxy groups -OCH3 is 1. The van der Waals surface area contributed by atoms with Gasteiger partial charge in [0, 0.05) is 39.8 Å². The molecule has 0 aromatic heterocycles. The third kappa shape index (κ3) is 7.50. The van der Waals surface area contributed by atoms with Gasteiger partial charge in [-0.15, -0.1) is 0 Å². The van der Waals surface area contributed by atoms with Gasteiger partial charge in [-0.05, 0) is 75.9 Å². The molecule has 202 valence electrons. The van der Waals surface area contributed by atoms with Gasteiger partial charge in [-0.2, -0.15) is 0 Å². The van der Waals surface area contributed by atoms with Crippen molar-refractivity contribution < 1.29 is 23.3 Å². The molecule has 2 heterocycles. The van der Waals surface area contributed by atoms with Gasteiger partial charge in [-0.25, -0.2) is 8.51 Å². The Morgan fingerprint density at radius 1 is 1.06 bits per heavy atom. The van der Waals surface area contributed by atoms with Gasteiger partial charge in [0.05, 0.1) is 25.2 Å². The molecule has 9 nitrogen and oxygen atoms in total. The molecule has 1 atom stereocenters. The SMILES string of the molecule is COc1cc(C)c(S(=O)N(C)CCOCC(=O)N(C)C2CCN(C(=O)CN3CCCC3)CC2)c(C)c1. The van der Waals surface area contributed by atoms with Gasteiger partial charge in [0.25, 0.3) is 0 Å². The lowest BCUT2D eigenvalue weighted by atomic mass is 10.0. The predicted octanol–water partition coefficient (Wildman–Crippen LogP) is 1.83. The van der Waals surface area contributed by atoms with E-state index in [4.69, 9.17) is 9.47 Å². The second-order valence-corrected chi connectivity index (χ2v) is 11.4. The Morgan fingerprint density at radius 3 is 2.25 bits per heavy atom. The van der Waals surface area contributed by atoms with Gasteiger partial charge >= 0.3 is 0 Å². The fourth-order valence-electron chi connectivity index (χ4n) is 4.94. The minimum Gasteiger partial charge on any atom is -0.497 e. The molecule has 1 aromatic rings. The van der Waals surface area contributed by atoms with Crippen molar-refractivity contribution in [2.24, 2.45) is 0 Å². The summed E-state index contributed by atoms with van der Waals surface area (Å²) in [6.45, 7) is 8.53. The van der Waals surface area contributed by atoms with Crippen molar-refractivity contribution in [3.63, 3.8) is 0 Å². The molecule has 0 radical (unpaired) electrons. The van der Waals surface area contributed by atoms with E-state index in [-0.39, 0.29) is 24.5 Å². The van der Waals surface area contributed by atoms with Crippen LogP contribution in [0.25, 0.3) is 0 Å². The first-order chi connectivity index (χ1) is 17.2. The molecule has 0 spiro atoms. The lowest BCUT2D eigenvalue weighted by Gasteiger charge is -2.37. The Kier molecular flexibility index (Phi) is 10.7. The van der Waals surface area contributed by atoms with Gasteiger partial charge in [0.1, 0.15) is 23.3 Å². The number of hydrogen-bond donors (Lipinski definition) is 0. The molecule has 0 aliphatic carbocycles. The highest BCUT2D eigenvalue weighted by molar-refractivity contribution is 7.82. The normalized spacial score (nSPS) is 18.0. The number of amides is 2. The van der Waals surface area contributed by atoms with Crippen molar-refractivity contribution in [2.75, 3.05) is 73.7 Å². The fraction of sp³-hybridized carbons (Fsp3) is 0.692. The molecule has 10 heteroatoms. The van der Waals surface area contributed by atoms with E-state index in [1.165, 1.54) is 12.8 Å². The summed E-state index contributed by atoms with van der Waals surface area (Å²) in [6, 6.07) is 3.88. The number of aryl methyl sites for hydroxylation is 2. The molecule has 0 N–H and O–H groups in total. The maximum atomic E-state index is 13.0. The van der Waals surface area contributed by atoms with E-state index in [1.54, 1.807) is 23.4 Å². The Balaban J connectivity index is 1.37. The van der Waals surface area contributed by atoms with Crippen LogP contribution < -0.4 is 4.74 Å². The van der Waals surface area contributed by atoms with E-state index < -0.39 is 11.0 Å². The summed E-state index contributed by atoms with van der Waals surface area (Å²) in [5.41, 5.74) is 1.83. The summed E-state index contributed by atoms with van der Waals surface area (Å²) in [5, 5.41) is 0. The summed E-state index contributed by atoms with van der Waals surface area (Å²) >= 11 is 0. The first-order valence-electron chi connectivity index (χ1n) is 12.8. The molecule has 2 saturated heterocycles. The Morgan fingerprint density at radius 2 is 1.67 bits per heavy atom. The Bertz CT molecular complexity index is 906. The van der Waals surface area contributed by atoms with Gasteiger partial charge in [-0.1, -0.05) is 0 Å². The summed E-state index contributed by atoms with van der Waals surface area (Å²) < 4.78 is 25.7. The van der Waals surface area contributed by atoms with Crippen LogP contribution in [0.2, 0.25) is 0 Å². The number of rotatable bonds is 11. The summed E-state index contributed by atoms with van der Waals surface area (Å²) in [6.07, 6.45) is 3.94. The molecular formula is C26H42N4O5S. The van der Waals surface area contributed by atoms with Crippen LogP contribution in [0.1, 0.15) is 36.8 Å². The van der Waals surface area contributed by atoms with Gasteiger partial charge < -0.3 is 19.3 Å². The number of nitrogens with zero attached hydrogens (tertiary/aromatic N) is 4. The molecule has 2 fully saturated rings. The highest BCUT2D eigenvalue weighted by atomic mass is 32.2. The molecule has 3 rings (SSSR count). The Labute approximate surface area is 218 Å². The van der Waals surface area contributed by atoms with E-state index in [1.807, 2.05) is 37.9 Å². The van der Waals surface area contributed by atoms with E-state index in [9.17, 15) is 13.8 Å². The number of carbonyl (C=O) groups is 2. The van der Waals surface area contributed by atoms with Crippen molar-refractivity contribution in [1.82, 2.24) is 19.0 Å². The first kappa shape index (κ1) is 28.6. The fourth-order valence-corrected chi connectivity index (χ4v) is 6.16. The van der Waals surface area contributed by atoms with E-state index in [0.29, 0.717) is 32.8 Å². The molecule has 2 aliphatic heterocycles. The van der Waals surface area contributed by atoms with Gasteiger partial charge in [-0.3, -0.25) is 14.5 Å². The standard InChI is InChI=1S/C26H42N4O5S/c1-20-16-23(34-5)17-21(2)26(20)36(33)27(3)14-15-35-19-25(32)28(4)22-8-12-30(13-9-22)24(31)18-29-10-6-7-11-29/h16-17,22H,6-15,18-19H2,1-5H3. The third-order valence-corrected chi connectivity index (χ3v) is 8.96. The largest absolute Gasteiger partial charge is 0.497 e. The van der Waals surface area contributed by atoms with Crippen molar-refractivity contribution in [1.29, 1.82) is 0 Å². The topological polar surface area (TPSA) is 82.6 Å². The van der Waals surface area contributed by atoms with E-state index >= 15 is 0 Å². The van der Waals surface area contributed by atoms with Crippen LogP contribution >= 0.6 is 0 Å². The average molecular weight is 523 g/mol. The highest BCUT2D eigenvalue weighted by Gasteiger charge is 2.28. The number of piperidine rings is 1. The van der Waals surface area contributed by atoms with Crippen LogP contribution in [-0.2, 0) is 25.3 Å². The van der Waals surface area contributed by atoms with Crippen LogP contribution in [0.5, 0.6) is 5.75 Å². The molecule has 0 bridgehead atoms. The maximum Gasteiger partial charge on any atom is 0.248 e. The smallest absolute Gasteiger partial charge is 0.248 e. The quantitative estimate of drug-likeness (QED) is 0.413. The van der Waals surface area contributed by atoms with Crippen LogP contribution in [0, 0.1) is 13.8 Å². The lowest BCUT2D eigenvalue weighted by molar-refractivity contribution is -0.139. The highest BCUT2D eigenvalue weighted by Crippen LogP contribution is 2.25. The average Bonchev–Trinajstić information content (AvgIpc) is 3.38. The second kappa shape index (κ2) is 13.5. The van der Waals surface area contributed by atoms with Crippen molar-refractivity contribution in [2.45, 2.75) is 50.5 Å². The lowest BCUT2D eigenvalue weighted by Crippen LogP contribution is -2.49. The summed E-state index contributed by atoms with van der Waals surface area (Å²) in [5.74, 6) is 0.885. The van der Waals surface area contributed by atoms with Crippen LogP contribution in [0.3, 0.4) is 0 Å². The van der Waals surface area contributed by atoms with Crippen LogP contribution in [-0.4, -0.2) is 115 Å². The zero-order valence-corrected chi connectivity index (χ0v) is 23.3. The van der Waals surface area contributed by atoms with E-state index in [0.717, 1.165) is 47.7 Å². The van der Waals surface area contributed by atoms with Crippen LogP contribution in [0.4, 0.5) is 0 Å². The first-order valence-corrected chi connectivity index (χ1v) is 13.9. The molecule has 2 aliphatic rings. The van der Waals surface area contributed by atoms with Gasteiger partial charge in [0.2, 0.25) is 11.8 Å². The zero-order valence-electron chi connectivity index (χ0n) is 22.5. The number of carbonyl (C=O) groups excluding carboxylic acids is 2. The number of likely N-dealkylation sites (tertiary alicyclic amines) is 2. The number of ether oxygens (including phenoxy) is 2. The molecule has 36 heavy (non-hydrogen) atoms. The Hall–Kier alpha value is -2.01. The minimum atomic E-state index is -1.33. The third-order valence-electron chi connectivity index (χ3n) is 7.22. The van der Waals surface area contributed by atoms with E-state index in [2.05, 4.69) is 4.90 Å². The molecule has 1 aromatic carbocycles.